The van der Waals surface area contributed by atoms with E-state index in [-0.39, 0.29) is 12.5 Å². The monoisotopic (exact) mass is 450 g/mol. The lowest BCUT2D eigenvalue weighted by molar-refractivity contribution is -0.118. The van der Waals surface area contributed by atoms with Crippen LogP contribution in [0.3, 0.4) is 0 Å². The van der Waals surface area contributed by atoms with Crippen molar-refractivity contribution in [2.45, 2.75) is 13.8 Å². The highest BCUT2D eigenvalue weighted by molar-refractivity contribution is 5.92. The van der Waals surface area contributed by atoms with Gasteiger partial charge in [-0.15, -0.1) is 10.2 Å². The van der Waals surface area contributed by atoms with Crippen LogP contribution in [-0.2, 0) is 4.79 Å². The number of fused-ring (bicyclic) bond motifs is 1. The first kappa shape index (κ1) is 21.3. The van der Waals surface area contributed by atoms with E-state index in [1.807, 2.05) is 74.5 Å². The van der Waals surface area contributed by atoms with E-state index in [0.717, 1.165) is 27.9 Å². The second-order valence-corrected chi connectivity index (χ2v) is 7.99. The van der Waals surface area contributed by atoms with Crippen molar-refractivity contribution >= 4 is 17.2 Å². The van der Waals surface area contributed by atoms with Crippen LogP contribution in [-0.4, -0.2) is 37.3 Å². The van der Waals surface area contributed by atoms with E-state index >= 15 is 0 Å². The normalized spacial score (nSPS) is 10.9. The number of pyridine rings is 1. The minimum Gasteiger partial charge on any atom is -0.484 e. The largest absolute Gasteiger partial charge is 0.484 e. The molecule has 3 heterocycles. The number of anilines is 1. The maximum atomic E-state index is 12.5. The molecule has 0 aliphatic carbocycles. The van der Waals surface area contributed by atoms with Crippen LogP contribution in [0.4, 0.5) is 5.69 Å². The molecule has 0 fully saturated rings. The molecule has 34 heavy (non-hydrogen) atoms. The number of rotatable bonds is 6. The van der Waals surface area contributed by atoms with E-state index in [0.29, 0.717) is 22.9 Å². The quantitative estimate of drug-likeness (QED) is 0.410. The average molecular weight is 451 g/mol. The molecule has 0 aliphatic heterocycles. The molecule has 1 N–H and O–H groups in total. The Balaban J connectivity index is 1.34. The third kappa shape index (κ3) is 4.61. The lowest BCUT2D eigenvalue weighted by atomic mass is 10.1. The zero-order chi connectivity index (χ0) is 23.5. The molecule has 1 amide bonds. The fourth-order valence-electron chi connectivity index (χ4n) is 3.74. The van der Waals surface area contributed by atoms with Gasteiger partial charge < -0.3 is 10.1 Å². The van der Waals surface area contributed by atoms with Crippen molar-refractivity contribution in [1.29, 1.82) is 0 Å². The molecule has 0 aliphatic rings. The van der Waals surface area contributed by atoms with E-state index in [1.165, 1.54) is 0 Å². The summed E-state index contributed by atoms with van der Waals surface area (Å²) in [5.41, 5.74) is 5.87. The van der Waals surface area contributed by atoms with Crippen molar-refractivity contribution in [2.24, 2.45) is 0 Å². The van der Waals surface area contributed by atoms with Crippen LogP contribution < -0.4 is 10.1 Å². The van der Waals surface area contributed by atoms with Gasteiger partial charge in [0.2, 0.25) is 0 Å². The van der Waals surface area contributed by atoms with Crippen LogP contribution in [0.1, 0.15) is 11.1 Å². The van der Waals surface area contributed by atoms with Crippen molar-refractivity contribution in [3.8, 4) is 28.4 Å². The van der Waals surface area contributed by atoms with Crippen LogP contribution in [0.15, 0.2) is 79.1 Å². The highest BCUT2D eigenvalue weighted by Gasteiger charge is 2.12. The van der Waals surface area contributed by atoms with E-state index in [9.17, 15) is 4.79 Å². The Labute approximate surface area is 196 Å². The predicted molar refractivity (Wildman–Crippen MR) is 129 cm³/mol. The van der Waals surface area contributed by atoms with Gasteiger partial charge in [0.1, 0.15) is 5.75 Å². The Kier molecular flexibility index (Phi) is 5.70. The summed E-state index contributed by atoms with van der Waals surface area (Å²) in [6.45, 7) is 3.92. The number of hydrogen-bond acceptors (Lipinski definition) is 6. The lowest BCUT2D eigenvalue weighted by Gasteiger charge is -2.10. The highest BCUT2D eigenvalue weighted by atomic mass is 16.5. The second-order valence-electron chi connectivity index (χ2n) is 7.99. The number of carbonyl (C=O) groups is 1. The molecule has 8 nitrogen and oxygen atoms in total. The van der Waals surface area contributed by atoms with Crippen molar-refractivity contribution in [3.05, 3.63) is 90.3 Å². The Hall–Kier alpha value is -4.59. The Morgan fingerprint density at radius 1 is 0.941 bits per heavy atom. The van der Waals surface area contributed by atoms with E-state index < -0.39 is 0 Å². The van der Waals surface area contributed by atoms with E-state index in [1.54, 1.807) is 16.9 Å². The van der Waals surface area contributed by atoms with Crippen molar-refractivity contribution in [1.82, 2.24) is 24.8 Å². The molecule has 0 saturated carbocycles. The molecule has 168 valence electrons. The van der Waals surface area contributed by atoms with Crippen molar-refractivity contribution in [3.63, 3.8) is 0 Å². The van der Waals surface area contributed by atoms with Gasteiger partial charge in [-0.3, -0.25) is 9.78 Å². The Morgan fingerprint density at radius 2 is 1.76 bits per heavy atom. The number of amides is 1. The first-order valence-corrected chi connectivity index (χ1v) is 10.8. The van der Waals surface area contributed by atoms with Crippen LogP contribution in [0.2, 0.25) is 0 Å². The first-order chi connectivity index (χ1) is 16.5. The van der Waals surface area contributed by atoms with Crippen LogP contribution >= 0.6 is 0 Å². The van der Waals surface area contributed by atoms with Gasteiger partial charge in [0, 0.05) is 29.2 Å². The molecule has 5 rings (SSSR count). The Bertz CT molecular complexity index is 1460. The molecule has 0 radical (unpaired) electrons. The van der Waals surface area contributed by atoms with Gasteiger partial charge in [-0.1, -0.05) is 18.2 Å². The Morgan fingerprint density at radius 3 is 2.56 bits per heavy atom. The minimum absolute atomic E-state index is 0.0769. The zero-order valence-electron chi connectivity index (χ0n) is 18.8. The maximum Gasteiger partial charge on any atom is 0.262 e. The number of benzene rings is 2. The summed E-state index contributed by atoms with van der Waals surface area (Å²) in [4.78, 5) is 16.6. The molecule has 0 spiro atoms. The first-order valence-electron chi connectivity index (χ1n) is 10.8. The fraction of sp³-hybridized carbons (Fsp3) is 0.115. The number of carbonyl (C=O) groups excluding carboxylic acids is 1. The number of nitrogens with one attached hydrogen (secondary N) is 1. The summed E-state index contributed by atoms with van der Waals surface area (Å²) in [5.74, 6) is 1.05. The smallest absolute Gasteiger partial charge is 0.262 e. The summed E-state index contributed by atoms with van der Waals surface area (Å²) in [6.07, 6.45) is 3.43. The number of aromatic nitrogens is 5. The number of ether oxygens (including phenoxy) is 1. The minimum atomic E-state index is -0.239. The number of aryl methyl sites for hydroxylation is 2. The fourth-order valence-corrected chi connectivity index (χ4v) is 3.74. The second kappa shape index (κ2) is 9.11. The van der Waals surface area contributed by atoms with Gasteiger partial charge in [-0.05, 0) is 73.5 Å². The summed E-state index contributed by atoms with van der Waals surface area (Å²) < 4.78 is 7.35. The molecule has 2 aromatic carbocycles. The standard InChI is InChI=1S/C26H22N6O2/c1-17-11-18(2)13-22(12-17)34-16-25(33)28-21-7-3-5-19(14-21)23-8-9-24-29-30-26(32(24)31-23)20-6-4-10-27-15-20/h3-15H,16H2,1-2H3,(H,28,33). The molecule has 0 atom stereocenters. The van der Waals surface area contributed by atoms with E-state index in [4.69, 9.17) is 9.84 Å². The molecular formula is C26H22N6O2. The summed E-state index contributed by atoms with van der Waals surface area (Å²) in [5, 5.41) is 16.1. The molecule has 3 aromatic heterocycles. The summed E-state index contributed by atoms with van der Waals surface area (Å²) in [6, 6.07) is 20.9. The highest BCUT2D eigenvalue weighted by Crippen LogP contribution is 2.23. The van der Waals surface area contributed by atoms with Gasteiger partial charge in [0.25, 0.3) is 5.91 Å². The molecule has 0 saturated heterocycles. The van der Waals surface area contributed by atoms with Gasteiger partial charge >= 0.3 is 0 Å². The summed E-state index contributed by atoms with van der Waals surface area (Å²) in [7, 11) is 0. The number of hydrogen-bond donors (Lipinski definition) is 1. The molecular weight excluding hydrogens is 428 g/mol. The van der Waals surface area contributed by atoms with Crippen LogP contribution in [0.25, 0.3) is 28.3 Å². The van der Waals surface area contributed by atoms with E-state index in [2.05, 4.69) is 26.6 Å². The molecule has 0 unspecified atom stereocenters. The molecule has 8 heteroatoms. The molecule has 5 aromatic rings. The van der Waals surface area contributed by atoms with Crippen molar-refractivity contribution in [2.75, 3.05) is 11.9 Å². The third-order valence-electron chi connectivity index (χ3n) is 5.19. The van der Waals surface area contributed by atoms with Crippen molar-refractivity contribution < 1.29 is 9.53 Å². The summed E-state index contributed by atoms with van der Waals surface area (Å²) >= 11 is 0. The maximum absolute atomic E-state index is 12.5. The predicted octanol–water partition coefficient (Wildman–Crippen LogP) is 4.49. The number of nitrogens with zero attached hydrogens (tertiary/aromatic N) is 5. The van der Waals surface area contributed by atoms with Gasteiger partial charge in [0.05, 0.1) is 5.69 Å². The third-order valence-corrected chi connectivity index (χ3v) is 5.19. The van der Waals surface area contributed by atoms with Gasteiger partial charge in [0.15, 0.2) is 18.1 Å². The zero-order valence-corrected chi connectivity index (χ0v) is 18.8. The van der Waals surface area contributed by atoms with Gasteiger partial charge in [-0.2, -0.15) is 9.61 Å². The lowest BCUT2D eigenvalue weighted by Crippen LogP contribution is -2.20. The van der Waals surface area contributed by atoms with Gasteiger partial charge in [-0.25, -0.2) is 0 Å². The van der Waals surface area contributed by atoms with Crippen LogP contribution in [0, 0.1) is 13.8 Å². The SMILES string of the molecule is Cc1cc(C)cc(OCC(=O)Nc2cccc(-c3ccc4nnc(-c5cccnc5)n4n3)c2)c1. The topological polar surface area (TPSA) is 94.3 Å². The average Bonchev–Trinajstić information content (AvgIpc) is 3.26. The molecule has 0 bridgehead atoms. The van der Waals surface area contributed by atoms with Crippen LogP contribution in [0.5, 0.6) is 5.75 Å².